The van der Waals surface area contributed by atoms with E-state index in [0.29, 0.717) is 6.54 Å². The van der Waals surface area contributed by atoms with E-state index in [1.807, 2.05) is 48.5 Å². The fraction of sp³-hybridized carbons (Fsp3) is 0.211. The maximum atomic E-state index is 6.25. The van der Waals surface area contributed by atoms with Crippen LogP contribution in [-0.4, -0.2) is 12.1 Å². The van der Waals surface area contributed by atoms with Crippen molar-refractivity contribution in [1.82, 2.24) is 10.3 Å². The lowest BCUT2D eigenvalue weighted by Crippen LogP contribution is -2.18. The first-order chi connectivity index (χ1) is 11.7. The zero-order valence-corrected chi connectivity index (χ0v) is 15.2. The molecule has 0 aliphatic carbocycles. The summed E-state index contributed by atoms with van der Waals surface area (Å²) in [6, 6.07) is 16.0. The molecular formula is C19H19ClN2OS. The second-order valence-electron chi connectivity index (χ2n) is 5.50. The van der Waals surface area contributed by atoms with E-state index in [9.17, 15) is 0 Å². The Hall–Kier alpha value is -1.88. The van der Waals surface area contributed by atoms with Crippen LogP contribution in [0.2, 0.25) is 5.02 Å². The second kappa shape index (κ2) is 7.79. The summed E-state index contributed by atoms with van der Waals surface area (Å²) in [7, 11) is 1.67. The smallest absolute Gasteiger partial charge is 0.123 e. The van der Waals surface area contributed by atoms with E-state index in [1.165, 1.54) is 0 Å². The molecule has 0 unspecified atom stereocenters. The van der Waals surface area contributed by atoms with Crippen LogP contribution in [-0.2, 0) is 6.54 Å². The standard InChI is InChI=1S/C19H19ClN2OS/c1-13(17-5-3-4-6-18(17)20)21-11-15-12-24-19(22-15)14-7-9-16(23-2)10-8-14/h3-10,12-13,21H,11H2,1-2H3/t13-/m0/s1. The first kappa shape index (κ1) is 17.0. The molecule has 1 heterocycles. The molecule has 3 aromatic rings. The molecule has 3 nitrogen and oxygen atoms in total. The number of hydrogen-bond donors (Lipinski definition) is 1. The average Bonchev–Trinajstić information content (AvgIpc) is 3.09. The number of hydrogen-bond acceptors (Lipinski definition) is 4. The van der Waals surface area contributed by atoms with Crippen molar-refractivity contribution in [2.24, 2.45) is 0 Å². The van der Waals surface area contributed by atoms with Crippen LogP contribution in [0.25, 0.3) is 10.6 Å². The Morgan fingerprint density at radius 2 is 1.92 bits per heavy atom. The zero-order chi connectivity index (χ0) is 16.9. The van der Waals surface area contributed by atoms with Crippen LogP contribution in [0.5, 0.6) is 5.75 Å². The quantitative estimate of drug-likeness (QED) is 0.647. The van der Waals surface area contributed by atoms with Gasteiger partial charge in [0, 0.05) is 28.6 Å². The minimum absolute atomic E-state index is 0.171. The number of benzene rings is 2. The maximum Gasteiger partial charge on any atom is 0.123 e. The molecule has 3 rings (SSSR count). The van der Waals surface area contributed by atoms with Crippen LogP contribution in [0, 0.1) is 0 Å². The highest BCUT2D eigenvalue weighted by atomic mass is 35.5. The number of thiazole rings is 1. The fourth-order valence-electron chi connectivity index (χ4n) is 2.45. The predicted molar refractivity (Wildman–Crippen MR) is 101 cm³/mol. The molecule has 124 valence electrons. The molecule has 2 aromatic carbocycles. The normalized spacial score (nSPS) is 12.1. The Kier molecular flexibility index (Phi) is 5.51. The molecular weight excluding hydrogens is 340 g/mol. The number of ether oxygens (including phenoxy) is 1. The molecule has 0 aliphatic heterocycles. The van der Waals surface area contributed by atoms with E-state index in [4.69, 9.17) is 21.3 Å². The molecule has 24 heavy (non-hydrogen) atoms. The summed E-state index contributed by atoms with van der Waals surface area (Å²) < 4.78 is 5.19. The van der Waals surface area contributed by atoms with Gasteiger partial charge in [0.2, 0.25) is 0 Å². The van der Waals surface area contributed by atoms with E-state index < -0.39 is 0 Å². The molecule has 0 fully saturated rings. The van der Waals surface area contributed by atoms with Gasteiger partial charge in [-0.25, -0.2) is 4.98 Å². The van der Waals surface area contributed by atoms with Gasteiger partial charge in [-0.05, 0) is 42.8 Å². The zero-order valence-electron chi connectivity index (χ0n) is 13.6. The van der Waals surface area contributed by atoms with E-state index >= 15 is 0 Å². The van der Waals surface area contributed by atoms with Crippen LogP contribution in [0.15, 0.2) is 53.9 Å². The van der Waals surface area contributed by atoms with E-state index in [0.717, 1.165) is 32.6 Å². The number of methoxy groups -OCH3 is 1. The molecule has 0 amide bonds. The van der Waals surface area contributed by atoms with Gasteiger partial charge in [-0.1, -0.05) is 29.8 Å². The van der Waals surface area contributed by atoms with Gasteiger partial charge in [0.05, 0.1) is 12.8 Å². The fourth-order valence-corrected chi connectivity index (χ4v) is 3.57. The Labute approximate surface area is 151 Å². The third-order valence-electron chi connectivity index (χ3n) is 3.85. The van der Waals surface area contributed by atoms with Gasteiger partial charge in [-0.15, -0.1) is 11.3 Å². The number of aromatic nitrogens is 1. The van der Waals surface area contributed by atoms with Gasteiger partial charge in [-0.2, -0.15) is 0 Å². The minimum Gasteiger partial charge on any atom is -0.497 e. The van der Waals surface area contributed by atoms with Crippen molar-refractivity contribution in [3.63, 3.8) is 0 Å². The van der Waals surface area contributed by atoms with Crippen LogP contribution in [0.3, 0.4) is 0 Å². The minimum atomic E-state index is 0.171. The second-order valence-corrected chi connectivity index (χ2v) is 6.76. The van der Waals surface area contributed by atoms with Crippen molar-refractivity contribution in [2.75, 3.05) is 7.11 Å². The van der Waals surface area contributed by atoms with Crippen LogP contribution in [0.4, 0.5) is 0 Å². The maximum absolute atomic E-state index is 6.25. The van der Waals surface area contributed by atoms with Gasteiger partial charge in [-0.3, -0.25) is 0 Å². The van der Waals surface area contributed by atoms with Crippen molar-refractivity contribution in [1.29, 1.82) is 0 Å². The molecule has 1 aromatic heterocycles. The summed E-state index contributed by atoms with van der Waals surface area (Å²) in [5.41, 5.74) is 3.24. The molecule has 0 spiro atoms. The topological polar surface area (TPSA) is 34.1 Å². The summed E-state index contributed by atoms with van der Waals surface area (Å²) in [6.07, 6.45) is 0. The summed E-state index contributed by atoms with van der Waals surface area (Å²) in [5.74, 6) is 0.853. The van der Waals surface area contributed by atoms with E-state index in [1.54, 1.807) is 18.4 Å². The predicted octanol–water partition coefficient (Wildman–Crippen LogP) is 5.32. The van der Waals surface area contributed by atoms with Crippen LogP contribution in [0.1, 0.15) is 24.2 Å². The largest absolute Gasteiger partial charge is 0.497 e. The molecule has 0 radical (unpaired) electrons. The lowest BCUT2D eigenvalue weighted by Gasteiger charge is -2.14. The van der Waals surface area contributed by atoms with Gasteiger partial charge in [0.25, 0.3) is 0 Å². The van der Waals surface area contributed by atoms with E-state index in [2.05, 4.69) is 17.6 Å². The van der Waals surface area contributed by atoms with Crippen molar-refractivity contribution in [3.8, 4) is 16.3 Å². The van der Waals surface area contributed by atoms with Crippen molar-refractivity contribution >= 4 is 22.9 Å². The highest BCUT2D eigenvalue weighted by Crippen LogP contribution is 2.26. The Morgan fingerprint density at radius 1 is 1.17 bits per heavy atom. The Morgan fingerprint density at radius 3 is 2.62 bits per heavy atom. The van der Waals surface area contributed by atoms with Gasteiger partial charge < -0.3 is 10.1 Å². The third kappa shape index (κ3) is 3.96. The van der Waals surface area contributed by atoms with Gasteiger partial charge >= 0.3 is 0 Å². The van der Waals surface area contributed by atoms with E-state index in [-0.39, 0.29) is 6.04 Å². The SMILES string of the molecule is COc1ccc(-c2nc(CN[C@@H](C)c3ccccc3Cl)cs2)cc1. The van der Waals surface area contributed by atoms with Gasteiger partial charge in [0.15, 0.2) is 0 Å². The summed E-state index contributed by atoms with van der Waals surface area (Å²) in [4.78, 5) is 4.71. The molecule has 0 bridgehead atoms. The molecule has 0 saturated heterocycles. The highest BCUT2D eigenvalue weighted by molar-refractivity contribution is 7.13. The number of halogens is 1. The van der Waals surface area contributed by atoms with Crippen molar-refractivity contribution < 1.29 is 4.74 Å². The highest BCUT2D eigenvalue weighted by Gasteiger charge is 2.10. The molecule has 0 saturated carbocycles. The lowest BCUT2D eigenvalue weighted by atomic mass is 10.1. The first-order valence-corrected chi connectivity index (χ1v) is 9.00. The molecule has 1 atom stereocenters. The third-order valence-corrected chi connectivity index (χ3v) is 5.13. The first-order valence-electron chi connectivity index (χ1n) is 7.74. The number of nitrogens with one attached hydrogen (secondary N) is 1. The molecule has 1 N–H and O–H groups in total. The van der Waals surface area contributed by atoms with Crippen LogP contribution >= 0.6 is 22.9 Å². The van der Waals surface area contributed by atoms with Gasteiger partial charge in [0.1, 0.15) is 10.8 Å². The van der Waals surface area contributed by atoms with Crippen LogP contribution < -0.4 is 10.1 Å². The summed E-state index contributed by atoms with van der Waals surface area (Å²) in [6.45, 7) is 2.82. The molecule has 0 aliphatic rings. The number of nitrogens with zero attached hydrogens (tertiary/aromatic N) is 1. The Balaban J connectivity index is 1.64. The summed E-state index contributed by atoms with van der Waals surface area (Å²) >= 11 is 7.89. The lowest BCUT2D eigenvalue weighted by molar-refractivity contribution is 0.415. The van der Waals surface area contributed by atoms with Crippen molar-refractivity contribution in [2.45, 2.75) is 19.5 Å². The summed E-state index contributed by atoms with van der Waals surface area (Å²) in [5, 5.41) is 7.37. The monoisotopic (exact) mass is 358 g/mol. The number of rotatable bonds is 6. The molecule has 5 heteroatoms. The Bertz CT molecular complexity index is 801. The average molecular weight is 359 g/mol. The van der Waals surface area contributed by atoms with Crippen molar-refractivity contribution in [3.05, 3.63) is 70.2 Å².